The molecule has 26 heavy (non-hydrogen) atoms. The van der Waals surface area contributed by atoms with E-state index >= 15 is 0 Å². The van der Waals surface area contributed by atoms with Crippen molar-refractivity contribution in [2.24, 2.45) is 0 Å². The molecule has 1 atom stereocenters. The molecule has 1 aromatic carbocycles. The van der Waals surface area contributed by atoms with E-state index in [0.717, 1.165) is 11.3 Å². The smallest absolute Gasteiger partial charge is 0.153 e. The van der Waals surface area contributed by atoms with Gasteiger partial charge in [0.1, 0.15) is 23.8 Å². The Labute approximate surface area is 149 Å². The van der Waals surface area contributed by atoms with Gasteiger partial charge in [-0.15, -0.1) is 0 Å². The molecule has 0 bridgehead atoms. The fourth-order valence-electron chi connectivity index (χ4n) is 2.75. The lowest BCUT2D eigenvalue weighted by atomic mass is 10.1. The summed E-state index contributed by atoms with van der Waals surface area (Å²) in [6.45, 7) is -0.150. The molecule has 7 nitrogen and oxygen atoms in total. The second-order valence-electron chi connectivity index (χ2n) is 6.33. The van der Waals surface area contributed by atoms with Crippen molar-refractivity contribution in [1.29, 1.82) is 0 Å². The van der Waals surface area contributed by atoms with E-state index in [1.54, 1.807) is 18.2 Å². The molecule has 1 aliphatic carbocycles. The minimum atomic E-state index is -0.398. The Morgan fingerprint density at radius 1 is 1.12 bits per heavy atom. The average molecular weight is 354 g/mol. The zero-order valence-corrected chi connectivity index (χ0v) is 14.0. The molecule has 4 N–H and O–H groups in total. The Morgan fingerprint density at radius 3 is 2.62 bits per heavy atom. The van der Waals surface area contributed by atoms with E-state index in [9.17, 15) is 9.50 Å². The van der Waals surface area contributed by atoms with Gasteiger partial charge in [-0.3, -0.25) is 5.10 Å². The van der Waals surface area contributed by atoms with Crippen LogP contribution in [0.5, 0.6) is 0 Å². The minimum Gasteiger partial charge on any atom is -0.394 e. The molecule has 8 heteroatoms. The summed E-state index contributed by atoms with van der Waals surface area (Å²) in [6, 6.07) is 9.31. The Bertz CT molecular complexity index is 877. The van der Waals surface area contributed by atoms with Crippen LogP contribution < -0.4 is 10.6 Å². The summed E-state index contributed by atoms with van der Waals surface area (Å²) in [6.07, 6.45) is 3.84. The summed E-state index contributed by atoms with van der Waals surface area (Å²) in [5.74, 6) is 2.12. The first kappa shape index (κ1) is 16.5. The van der Waals surface area contributed by atoms with Crippen molar-refractivity contribution < 1.29 is 9.50 Å². The molecule has 0 spiro atoms. The highest BCUT2D eigenvalue weighted by Gasteiger charge is 2.25. The number of hydrogen-bond acceptors (Lipinski definition) is 6. The van der Waals surface area contributed by atoms with E-state index < -0.39 is 6.04 Å². The first-order chi connectivity index (χ1) is 12.7. The highest BCUT2D eigenvalue weighted by molar-refractivity contribution is 5.56. The van der Waals surface area contributed by atoms with E-state index in [4.69, 9.17) is 0 Å². The van der Waals surface area contributed by atoms with Gasteiger partial charge in [0.25, 0.3) is 0 Å². The number of anilines is 3. The number of rotatable bonds is 7. The van der Waals surface area contributed by atoms with Crippen molar-refractivity contribution in [1.82, 2.24) is 20.2 Å². The van der Waals surface area contributed by atoms with Gasteiger partial charge in [-0.1, -0.05) is 12.1 Å². The molecule has 1 unspecified atom stereocenters. The topological polar surface area (TPSA) is 98.8 Å². The lowest BCUT2D eigenvalue weighted by molar-refractivity contribution is 0.276. The number of aromatic nitrogens is 4. The molecule has 3 aromatic rings. The van der Waals surface area contributed by atoms with Crippen LogP contribution in [0.4, 0.5) is 21.8 Å². The van der Waals surface area contributed by atoms with Gasteiger partial charge >= 0.3 is 0 Å². The lowest BCUT2D eigenvalue weighted by Gasteiger charge is -2.17. The van der Waals surface area contributed by atoms with E-state index in [2.05, 4.69) is 30.8 Å². The fourth-order valence-corrected chi connectivity index (χ4v) is 2.75. The molecule has 1 aliphatic rings. The maximum absolute atomic E-state index is 13.1. The molecule has 2 aromatic heterocycles. The second-order valence-corrected chi connectivity index (χ2v) is 6.33. The van der Waals surface area contributed by atoms with Crippen molar-refractivity contribution in [3.63, 3.8) is 0 Å². The van der Waals surface area contributed by atoms with Crippen LogP contribution in [0.25, 0.3) is 0 Å². The van der Waals surface area contributed by atoms with Crippen molar-refractivity contribution in [3.8, 4) is 0 Å². The van der Waals surface area contributed by atoms with Crippen molar-refractivity contribution >= 4 is 17.5 Å². The van der Waals surface area contributed by atoms with Crippen LogP contribution in [0.15, 0.2) is 42.7 Å². The van der Waals surface area contributed by atoms with Crippen LogP contribution >= 0.6 is 0 Å². The summed E-state index contributed by atoms with van der Waals surface area (Å²) < 4.78 is 13.1. The van der Waals surface area contributed by atoms with Gasteiger partial charge in [0.05, 0.1) is 12.6 Å². The number of nitrogens with zero attached hydrogens (tertiary/aromatic N) is 3. The monoisotopic (exact) mass is 354 g/mol. The van der Waals surface area contributed by atoms with Gasteiger partial charge in [0, 0.05) is 23.7 Å². The maximum Gasteiger partial charge on any atom is 0.153 e. The molecule has 0 radical (unpaired) electrons. The molecule has 0 saturated heterocycles. The van der Waals surface area contributed by atoms with E-state index in [0.29, 0.717) is 23.4 Å². The molecule has 2 heterocycles. The number of aromatic amines is 1. The molecule has 0 aliphatic heterocycles. The van der Waals surface area contributed by atoms with Crippen LogP contribution in [0.2, 0.25) is 0 Å². The Morgan fingerprint density at radius 2 is 1.88 bits per heavy atom. The standard InChI is InChI=1S/C18H19FN6O/c19-13-5-3-12(4-6-13)15(9-26)22-16-8-17(21-10-20-16)23-18-7-14(24-25-18)11-1-2-11/h3-8,10-11,15,26H,1-2,9H2,(H3,20,21,22,23,24,25). The summed E-state index contributed by atoms with van der Waals surface area (Å²) in [5, 5.41) is 23.2. The Kier molecular flexibility index (Phi) is 4.49. The van der Waals surface area contributed by atoms with Crippen LogP contribution in [-0.4, -0.2) is 31.9 Å². The summed E-state index contributed by atoms with van der Waals surface area (Å²) >= 11 is 0. The Hall–Kier alpha value is -3.00. The first-order valence-electron chi connectivity index (χ1n) is 8.48. The number of benzene rings is 1. The number of nitrogens with one attached hydrogen (secondary N) is 3. The normalized spacial score (nSPS) is 14.8. The SMILES string of the molecule is OCC(Nc1cc(Nc2cc(C3CC3)[nH]n2)ncn1)c1ccc(F)cc1. The molecular weight excluding hydrogens is 335 g/mol. The number of aliphatic hydroxyl groups is 1. The van der Waals surface area contributed by atoms with Gasteiger partial charge in [-0.25, -0.2) is 14.4 Å². The second kappa shape index (κ2) is 7.09. The zero-order chi connectivity index (χ0) is 17.9. The van der Waals surface area contributed by atoms with Crippen LogP contribution in [0.1, 0.15) is 36.1 Å². The van der Waals surface area contributed by atoms with E-state index in [1.807, 2.05) is 6.07 Å². The summed E-state index contributed by atoms with van der Waals surface area (Å²) in [5.41, 5.74) is 1.90. The number of H-pyrrole nitrogens is 1. The molecule has 1 saturated carbocycles. The summed E-state index contributed by atoms with van der Waals surface area (Å²) in [4.78, 5) is 8.37. The summed E-state index contributed by atoms with van der Waals surface area (Å²) in [7, 11) is 0. The van der Waals surface area contributed by atoms with Gasteiger partial charge in [-0.2, -0.15) is 5.10 Å². The predicted octanol–water partition coefficient (Wildman–Crippen LogP) is 3.11. The number of aliphatic hydroxyl groups excluding tert-OH is 1. The van der Waals surface area contributed by atoms with Gasteiger partial charge in [0.2, 0.25) is 0 Å². The zero-order valence-electron chi connectivity index (χ0n) is 14.0. The maximum atomic E-state index is 13.1. The van der Waals surface area contributed by atoms with Crippen molar-refractivity contribution in [3.05, 3.63) is 59.8 Å². The van der Waals surface area contributed by atoms with Crippen molar-refractivity contribution in [2.45, 2.75) is 24.8 Å². The molecule has 4 rings (SSSR count). The largest absolute Gasteiger partial charge is 0.394 e. The molecular formula is C18H19FN6O. The van der Waals surface area contributed by atoms with Gasteiger partial charge in [0.15, 0.2) is 5.82 Å². The quantitative estimate of drug-likeness (QED) is 0.520. The van der Waals surface area contributed by atoms with Crippen LogP contribution in [0, 0.1) is 5.82 Å². The lowest BCUT2D eigenvalue weighted by Crippen LogP contribution is -2.16. The minimum absolute atomic E-state index is 0.150. The first-order valence-corrected chi connectivity index (χ1v) is 8.48. The van der Waals surface area contributed by atoms with E-state index in [1.165, 1.54) is 31.3 Å². The molecule has 1 fully saturated rings. The highest BCUT2D eigenvalue weighted by Crippen LogP contribution is 2.39. The predicted molar refractivity (Wildman–Crippen MR) is 95.7 cm³/mol. The average Bonchev–Trinajstić information content (AvgIpc) is 3.41. The fraction of sp³-hybridized carbons (Fsp3) is 0.278. The third kappa shape index (κ3) is 3.80. The Balaban J connectivity index is 1.46. The van der Waals surface area contributed by atoms with Crippen molar-refractivity contribution in [2.75, 3.05) is 17.2 Å². The molecule has 134 valence electrons. The van der Waals surface area contributed by atoms with Crippen LogP contribution in [-0.2, 0) is 0 Å². The number of hydrogen-bond donors (Lipinski definition) is 4. The van der Waals surface area contributed by atoms with Crippen LogP contribution in [0.3, 0.4) is 0 Å². The third-order valence-electron chi connectivity index (χ3n) is 4.32. The molecule has 0 amide bonds. The van der Waals surface area contributed by atoms with Gasteiger partial charge in [-0.05, 0) is 30.5 Å². The van der Waals surface area contributed by atoms with E-state index in [-0.39, 0.29) is 12.4 Å². The number of halogens is 1. The third-order valence-corrected chi connectivity index (χ3v) is 4.32. The van der Waals surface area contributed by atoms with Gasteiger partial charge < -0.3 is 15.7 Å². The highest BCUT2D eigenvalue weighted by atomic mass is 19.1.